The van der Waals surface area contributed by atoms with Crippen LogP contribution in [0.1, 0.15) is 12.8 Å². The maximum atomic E-state index is 11.8. The van der Waals surface area contributed by atoms with Crippen molar-refractivity contribution in [2.24, 2.45) is 0 Å². The average molecular weight is 225 g/mol. The number of ether oxygens (including phenoxy) is 2. The van der Waals surface area contributed by atoms with Crippen molar-refractivity contribution in [1.82, 2.24) is 4.90 Å². The molecule has 0 bridgehead atoms. The lowest BCUT2D eigenvalue weighted by Crippen LogP contribution is -2.52. The number of hydrogen-bond donors (Lipinski definition) is 0. The first-order valence-electron chi connectivity index (χ1n) is 5.09. The lowest BCUT2D eigenvalue weighted by Gasteiger charge is -2.33. The second-order valence-corrected chi connectivity index (χ2v) is 3.41. The van der Waals surface area contributed by atoms with Crippen LogP contribution in [-0.2, 0) is 19.1 Å². The minimum atomic E-state index is -0.635. The summed E-state index contributed by atoms with van der Waals surface area (Å²) < 4.78 is 9.78. The lowest BCUT2D eigenvalue weighted by molar-refractivity contribution is -0.160. The Hall–Kier alpha value is -1.54. The van der Waals surface area contributed by atoms with Crippen LogP contribution in [0.3, 0.4) is 0 Å². The van der Waals surface area contributed by atoms with E-state index in [4.69, 9.17) is 11.2 Å². The Bertz CT molecular complexity index is 308. The fourth-order valence-electron chi connectivity index (χ4n) is 1.56. The second kappa shape index (κ2) is 6.13. The summed E-state index contributed by atoms with van der Waals surface area (Å²) in [6.07, 6.45) is 5.72. The van der Waals surface area contributed by atoms with Gasteiger partial charge in [0.2, 0.25) is 5.91 Å². The van der Waals surface area contributed by atoms with Gasteiger partial charge in [-0.15, -0.1) is 12.3 Å². The van der Waals surface area contributed by atoms with E-state index in [0.717, 1.165) is 0 Å². The molecule has 1 unspecified atom stereocenters. The first-order chi connectivity index (χ1) is 7.70. The van der Waals surface area contributed by atoms with Crippen molar-refractivity contribution in [3.63, 3.8) is 0 Å². The molecule has 1 atom stereocenters. The number of esters is 1. The third kappa shape index (κ3) is 2.97. The van der Waals surface area contributed by atoms with Crippen LogP contribution < -0.4 is 0 Å². The lowest BCUT2D eigenvalue weighted by atomic mass is 10.2. The smallest absolute Gasteiger partial charge is 0.331 e. The molecule has 88 valence electrons. The second-order valence-electron chi connectivity index (χ2n) is 3.41. The van der Waals surface area contributed by atoms with E-state index < -0.39 is 12.0 Å². The van der Waals surface area contributed by atoms with Gasteiger partial charge in [0.15, 0.2) is 6.04 Å². The number of nitrogens with zero attached hydrogens (tertiary/aromatic N) is 1. The molecule has 0 aromatic carbocycles. The highest BCUT2D eigenvalue weighted by Gasteiger charge is 2.32. The van der Waals surface area contributed by atoms with Crippen LogP contribution in [0, 0.1) is 12.3 Å². The van der Waals surface area contributed by atoms with Gasteiger partial charge in [-0.25, -0.2) is 4.79 Å². The van der Waals surface area contributed by atoms with E-state index in [9.17, 15) is 9.59 Å². The zero-order valence-corrected chi connectivity index (χ0v) is 9.27. The first kappa shape index (κ1) is 12.5. The van der Waals surface area contributed by atoms with Crippen LogP contribution in [0.25, 0.3) is 0 Å². The molecule has 0 radical (unpaired) electrons. The molecule has 1 fully saturated rings. The van der Waals surface area contributed by atoms with Crippen LogP contribution in [0.15, 0.2) is 0 Å². The molecule has 0 N–H and O–H groups in total. The van der Waals surface area contributed by atoms with Gasteiger partial charge < -0.3 is 14.4 Å². The molecular weight excluding hydrogens is 210 g/mol. The maximum absolute atomic E-state index is 11.8. The van der Waals surface area contributed by atoms with Gasteiger partial charge >= 0.3 is 5.97 Å². The van der Waals surface area contributed by atoms with E-state index in [-0.39, 0.29) is 18.9 Å². The van der Waals surface area contributed by atoms with Gasteiger partial charge in [0.1, 0.15) is 0 Å². The Morgan fingerprint density at radius 3 is 3.00 bits per heavy atom. The van der Waals surface area contributed by atoms with Crippen molar-refractivity contribution in [3.8, 4) is 12.3 Å². The highest BCUT2D eigenvalue weighted by Crippen LogP contribution is 2.11. The summed E-state index contributed by atoms with van der Waals surface area (Å²) in [7, 11) is 1.29. The largest absolute Gasteiger partial charge is 0.467 e. The minimum Gasteiger partial charge on any atom is -0.467 e. The number of methoxy groups -OCH3 is 1. The number of carbonyl (C=O) groups excluding carboxylic acids is 2. The van der Waals surface area contributed by atoms with Crippen molar-refractivity contribution in [2.75, 3.05) is 26.9 Å². The summed E-state index contributed by atoms with van der Waals surface area (Å²) in [5.41, 5.74) is 0. The molecule has 5 nitrogen and oxygen atoms in total. The normalized spacial score (nSPS) is 20.0. The number of morpholine rings is 1. The van der Waals surface area contributed by atoms with E-state index in [2.05, 4.69) is 10.7 Å². The Balaban J connectivity index is 2.63. The highest BCUT2D eigenvalue weighted by atomic mass is 16.5. The van der Waals surface area contributed by atoms with Gasteiger partial charge in [0.05, 0.1) is 20.3 Å². The predicted molar refractivity (Wildman–Crippen MR) is 56.4 cm³/mol. The SMILES string of the molecule is C#CCCC(=O)N1CCOCC1C(=O)OC. The molecule has 0 aliphatic carbocycles. The van der Waals surface area contributed by atoms with E-state index >= 15 is 0 Å². The standard InChI is InChI=1S/C11H15NO4/c1-3-4-5-10(13)12-6-7-16-8-9(12)11(14)15-2/h1,9H,4-8H2,2H3. The Kier molecular flexibility index (Phi) is 4.80. The summed E-state index contributed by atoms with van der Waals surface area (Å²) >= 11 is 0. The molecule has 0 aromatic heterocycles. The highest BCUT2D eigenvalue weighted by molar-refractivity contribution is 5.85. The molecule has 1 amide bonds. The minimum absolute atomic E-state index is 0.128. The van der Waals surface area contributed by atoms with Gasteiger partial charge in [0.25, 0.3) is 0 Å². The van der Waals surface area contributed by atoms with Crippen LogP contribution >= 0.6 is 0 Å². The summed E-state index contributed by atoms with van der Waals surface area (Å²) in [4.78, 5) is 24.7. The Morgan fingerprint density at radius 1 is 1.62 bits per heavy atom. The number of rotatable bonds is 3. The number of hydrogen-bond acceptors (Lipinski definition) is 4. The predicted octanol–water partition coefficient (Wildman–Crippen LogP) is -0.200. The molecular formula is C11H15NO4. The molecule has 1 heterocycles. The number of carbonyl (C=O) groups is 2. The van der Waals surface area contributed by atoms with E-state index in [1.807, 2.05) is 0 Å². The number of terminal acetylenes is 1. The van der Waals surface area contributed by atoms with Crippen LogP contribution in [0.2, 0.25) is 0 Å². The zero-order valence-electron chi connectivity index (χ0n) is 9.27. The van der Waals surface area contributed by atoms with Crippen molar-refractivity contribution in [2.45, 2.75) is 18.9 Å². The molecule has 0 aromatic rings. The summed E-state index contributed by atoms with van der Waals surface area (Å²) in [5.74, 6) is 1.82. The quantitative estimate of drug-likeness (QED) is 0.493. The third-order valence-corrected chi connectivity index (χ3v) is 2.41. The number of amides is 1. The maximum Gasteiger partial charge on any atom is 0.331 e. The molecule has 16 heavy (non-hydrogen) atoms. The van der Waals surface area contributed by atoms with Crippen molar-refractivity contribution in [1.29, 1.82) is 0 Å². The van der Waals surface area contributed by atoms with Gasteiger partial charge in [-0.05, 0) is 0 Å². The summed E-state index contributed by atoms with van der Waals surface area (Å²) in [6.45, 7) is 1.03. The molecule has 1 aliphatic heterocycles. The van der Waals surface area contributed by atoms with Crippen LogP contribution in [0.5, 0.6) is 0 Å². The van der Waals surface area contributed by atoms with Crippen molar-refractivity contribution in [3.05, 3.63) is 0 Å². The first-order valence-corrected chi connectivity index (χ1v) is 5.09. The van der Waals surface area contributed by atoms with Crippen molar-refractivity contribution >= 4 is 11.9 Å². The van der Waals surface area contributed by atoms with Crippen molar-refractivity contribution < 1.29 is 19.1 Å². The van der Waals surface area contributed by atoms with Gasteiger partial charge in [0, 0.05) is 19.4 Å². The third-order valence-electron chi connectivity index (χ3n) is 2.41. The molecule has 5 heteroatoms. The average Bonchev–Trinajstić information content (AvgIpc) is 2.35. The molecule has 1 saturated heterocycles. The molecule has 1 aliphatic rings. The van der Waals surface area contributed by atoms with Crippen LogP contribution in [-0.4, -0.2) is 49.7 Å². The topological polar surface area (TPSA) is 55.8 Å². The monoisotopic (exact) mass is 225 g/mol. The van der Waals surface area contributed by atoms with E-state index in [0.29, 0.717) is 19.6 Å². The van der Waals surface area contributed by atoms with Gasteiger partial charge in [-0.2, -0.15) is 0 Å². The fourth-order valence-corrected chi connectivity index (χ4v) is 1.56. The molecule has 0 saturated carbocycles. The Morgan fingerprint density at radius 2 is 2.38 bits per heavy atom. The summed E-state index contributed by atoms with van der Waals surface area (Å²) in [6, 6.07) is -0.635. The summed E-state index contributed by atoms with van der Waals surface area (Å²) in [5, 5.41) is 0. The van der Waals surface area contributed by atoms with Crippen LogP contribution in [0.4, 0.5) is 0 Å². The Labute approximate surface area is 94.7 Å². The zero-order chi connectivity index (χ0) is 12.0. The molecule has 0 spiro atoms. The fraction of sp³-hybridized carbons (Fsp3) is 0.636. The van der Waals surface area contributed by atoms with E-state index in [1.165, 1.54) is 12.0 Å². The van der Waals surface area contributed by atoms with Gasteiger partial charge in [-0.3, -0.25) is 4.79 Å². The molecule has 1 rings (SSSR count). The van der Waals surface area contributed by atoms with E-state index in [1.54, 1.807) is 0 Å². The van der Waals surface area contributed by atoms with Gasteiger partial charge in [-0.1, -0.05) is 0 Å².